The van der Waals surface area contributed by atoms with Crippen molar-refractivity contribution in [2.75, 3.05) is 52.9 Å². The van der Waals surface area contributed by atoms with Crippen molar-refractivity contribution in [1.29, 1.82) is 0 Å². The first-order valence-corrected chi connectivity index (χ1v) is 19.4. The van der Waals surface area contributed by atoms with Crippen molar-refractivity contribution in [2.45, 2.75) is 0 Å². The van der Waals surface area contributed by atoms with E-state index in [9.17, 15) is 0 Å². The Morgan fingerprint density at radius 2 is 0.632 bits per heavy atom. The van der Waals surface area contributed by atoms with E-state index < -0.39 is 0 Å². The first kappa shape index (κ1) is 37.5. The number of rotatable bonds is 18. The first-order chi connectivity index (χ1) is 28.3. The SMILES string of the molecule is C(=Nc1ccc(OCCOCCOCCOCCOc2ccc(N=Cc3c4ccccc4cc4ccccc34)cc2)cc1)c1c2ccccc2cc2ccccc12. The van der Waals surface area contributed by atoms with E-state index in [2.05, 4.69) is 109 Å². The molecule has 284 valence electrons. The molecular weight excluding hydrogens is 709 g/mol. The lowest BCUT2D eigenvalue weighted by Gasteiger charge is -2.09. The van der Waals surface area contributed by atoms with Gasteiger partial charge in [-0.3, -0.25) is 9.98 Å². The Hall–Kier alpha value is -6.38. The summed E-state index contributed by atoms with van der Waals surface area (Å²) in [7, 11) is 0. The average molecular weight is 753 g/mol. The maximum Gasteiger partial charge on any atom is 0.119 e. The van der Waals surface area contributed by atoms with Gasteiger partial charge in [-0.1, -0.05) is 97.1 Å². The van der Waals surface area contributed by atoms with Crippen LogP contribution in [0.5, 0.6) is 11.5 Å². The third-order valence-corrected chi connectivity index (χ3v) is 9.72. The van der Waals surface area contributed by atoms with E-state index >= 15 is 0 Å². The van der Waals surface area contributed by atoms with Crippen LogP contribution in [-0.2, 0) is 14.2 Å². The van der Waals surface area contributed by atoms with Gasteiger partial charge in [-0.05, 0) is 104 Å². The van der Waals surface area contributed by atoms with Gasteiger partial charge in [0.25, 0.3) is 0 Å². The zero-order valence-electron chi connectivity index (χ0n) is 31.8. The fraction of sp³-hybridized carbons (Fsp3) is 0.160. The number of fused-ring (bicyclic) bond motifs is 4. The predicted octanol–water partition coefficient (Wildman–Crippen LogP) is 11.3. The topological polar surface area (TPSA) is 70.9 Å². The Morgan fingerprint density at radius 1 is 0.333 bits per heavy atom. The van der Waals surface area contributed by atoms with Crippen molar-refractivity contribution in [3.63, 3.8) is 0 Å². The number of aliphatic imine (C=N–C) groups is 2. The van der Waals surface area contributed by atoms with Gasteiger partial charge >= 0.3 is 0 Å². The molecule has 0 aliphatic rings. The third-order valence-electron chi connectivity index (χ3n) is 9.72. The molecule has 8 rings (SSSR count). The van der Waals surface area contributed by atoms with E-state index in [1.807, 2.05) is 61.0 Å². The second-order valence-electron chi connectivity index (χ2n) is 13.5. The maximum absolute atomic E-state index is 5.86. The summed E-state index contributed by atoms with van der Waals surface area (Å²) < 4.78 is 28.7. The number of ether oxygens (including phenoxy) is 5. The number of benzene rings is 8. The molecule has 0 spiro atoms. The molecule has 0 saturated carbocycles. The Labute approximate surface area is 332 Å². The molecule has 0 aliphatic carbocycles. The highest BCUT2D eigenvalue weighted by Gasteiger charge is 2.07. The van der Waals surface area contributed by atoms with Crippen LogP contribution in [-0.4, -0.2) is 65.3 Å². The van der Waals surface area contributed by atoms with Gasteiger partial charge in [0.15, 0.2) is 0 Å². The molecule has 0 radical (unpaired) electrons. The van der Waals surface area contributed by atoms with E-state index in [0.717, 1.165) is 34.0 Å². The molecule has 0 fully saturated rings. The van der Waals surface area contributed by atoms with Gasteiger partial charge in [0, 0.05) is 23.6 Å². The van der Waals surface area contributed by atoms with Gasteiger partial charge in [0.05, 0.1) is 51.0 Å². The van der Waals surface area contributed by atoms with Gasteiger partial charge in [-0.15, -0.1) is 0 Å². The average Bonchev–Trinajstić information content (AvgIpc) is 3.26. The van der Waals surface area contributed by atoms with Gasteiger partial charge in [-0.2, -0.15) is 0 Å². The minimum Gasteiger partial charge on any atom is -0.491 e. The fourth-order valence-corrected chi connectivity index (χ4v) is 6.89. The van der Waals surface area contributed by atoms with Gasteiger partial charge in [-0.25, -0.2) is 0 Å². The van der Waals surface area contributed by atoms with Gasteiger partial charge in [0.1, 0.15) is 24.7 Å². The molecule has 7 nitrogen and oxygen atoms in total. The van der Waals surface area contributed by atoms with E-state index in [-0.39, 0.29) is 0 Å². The van der Waals surface area contributed by atoms with Crippen LogP contribution in [0.15, 0.2) is 168 Å². The van der Waals surface area contributed by atoms with E-state index in [1.54, 1.807) is 0 Å². The summed E-state index contributed by atoms with van der Waals surface area (Å²) in [5.74, 6) is 1.55. The third kappa shape index (κ3) is 9.72. The summed E-state index contributed by atoms with van der Waals surface area (Å²) >= 11 is 0. The first-order valence-electron chi connectivity index (χ1n) is 19.4. The van der Waals surface area contributed by atoms with Gasteiger partial charge in [0.2, 0.25) is 0 Å². The highest BCUT2D eigenvalue weighted by Crippen LogP contribution is 2.30. The molecule has 7 heteroatoms. The Balaban J connectivity index is 0.678. The molecule has 8 aromatic rings. The molecule has 8 aromatic carbocycles. The molecule has 0 atom stereocenters. The highest BCUT2D eigenvalue weighted by atomic mass is 16.6. The van der Waals surface area contributed by atoms with Crippen molar-refractivity contribution in [1.82, 2.24) is 0 Å². The normalized spacial score (nSPS) is 11.8. The fourth-order valence-electron chi connectivity index (χ4n) is 6.89. The molecule has 0 aliphatic heterocycles. The summed E-state index contributed by atoms with van der Waals surface area (Å²) in [6.07, 6.45) is 3.92. The second-order valence-corrected chi connectivity index (χ2v) is 13.5. The zero-order valence-corrected chi connectivity index (χ0v) is 31.8. The lowest BCUT2D eigenvalue weighted by molar-refractivity contribution is 0.00499. The van der Waals surface area contributed by atoms with Crippen LogP contribution in [0.4, 0.5) is 11.4 Å². The maximum atomic E-state index is 5.86. The largest absolute Gasteiger partial charge is 0.491 e. The van der Waals surface area contributed by atoms with Crippen LogP contribution in [0.2, 0.25) is 0 Å². The van der Waals surface area contributed by atoms with Gasteiger partial charge < -0.3 is 23.7 Å². The molecule has 0 bridgehead atoms. The Bertz CT molecular complexity index is 2330. The van der Waals surface area contributed by atoms with Crippen LogP contribution in [0.3, 0.4) is 0 Å². The Kier molecular flexibility index (Phi) is 12.5. The summed E-state index contributed by atoms with van der Waals surface area (Å²) in [6, 6.07) is 53.8. The quantitative estimate of drug-likeness (QED) is 0.0496. The molecule has 57 heavy (non-hydrogen) atoms. The van der Waals surface area contributed by atoms with E-state index in [4.69, 9.17) is 33.7 Å². The summed E-state index contributed by atoms with van der Waals surface area (Å²) in [6.45, 7) is 3.80. The van der Waals surface area contributed by atoms with Crippen molar-refractivity contribution in [3.8, 4) is 11.5 Å². The summed E-state index contributed by atoms with van der Waals surface area (Å²) in [4.78, 5) is 9.57. The summed E-state index contributed by atoms with van der Waals surface area (Å²) in [5, 5.41) is 9.57. The minimum atomic E-state index is 0.451. The number of nitrogens with zero attached hydrogens (tertiary/aromatic N) is 2. The predicted molar refractivity (Wildman–Crippen MR) is 234 cm³/mol. The van der Waals surface area contributed by atoms with Crippen LogP contribution < -0.4 is 9.47 Å². The molecule has 0 heterocycles. The summed E-state index contributed by atoms with van der Waals surface area (Å²) in [5.41, 5.74) is 3.97. The lowest BCUT2D eigenvalue weighted by Crippen LogP contribution is -2.14. The van der Waals surface area contributed by atoms with Crippen molar-refractivity contribution >= 4 is 66.9 Å². The monoisotopic (exact) mass is 752 g/mol. The van der Waals surface area contributed by atoms with E-state index in [0.29, 0.717) is 52.9 Å². The zero-order chi connectivity index (χ0) is 38.5. The van der Waals surface area contributed by atoms with Crippen molar-refractivity contribution < 1.29 is 23.7 Å². The molecule has 0 N–H and O–H groups in total. The minimum absolute atomic E-state index is 0.451. The molecule has 0 aromatic heterocycles. The smallest absolute Gasteiger partial charge is 0.119 e. The van der Waals surface area contributed by atoms with Crippen LogP contribution >= 0.6 is 0 Å². The van der Waals surface area contributed by atoms with Crippen molar-refractivity contribution in [2.24, 2.45) is 9.98 Å². The number of hydrogen-bond donors (Lipinski definition) is 0. The van der Waals surface area contributed by atoms with Crippen molar-refractivity contribution in [3.05, 3.63) is 169 Å². The molecule has 0 unspecified atom stereocenters. The van der Waals surface area contributed by atoms with Crippen LogP contribution in [0, 0.1) is 0 Å². The van der Waals surface area contributed by atoms with E-state index in [1.165, 1.54) is 43.1 Å². The second kappa shape index (κ2) is 19.0. The van der Waals surface area contributed by atoms with Crippen LogP contribution in [0.25, 0.3) is 43.1 Å². The standard InChI is InChI=1S/C50H44N2O5/c1-5-13-45-37(9-1)33-38-10-2-6-14-46(38)49(45)35-51-41-17-21-43(22-18-41)56-31-29-54-27-25-53-26-28-55-30-32-57-44-23-19-42(20-24-44)52-36-50-47-15-7-3-11-39(47)34-40-12-4-8-16-48(40)50/h1-24,33-36H,25-32H2. The molecule has 0 amide bonds. The highest BCUT2D eigenvalue weighted by molar-refractivity contribution is 6.14. The number of hydrogen-bond acceptors (Lipinski definition) is 7. The Morgan fingerprint density at radius 3 is 0.965 bits per heavy atom. The van der Waals surface area contributed by atoms with Crippen LogP contribution in [0.1, 0.15) is 11.1 Å². The molecular formula is C50H44N2O5. The lowest BCUT2D eigenvalue weighted by atomic mass is 9.97. The molecule has 0 saturated heterocycles.